The fourth-order valence-corrected chi connectivity index (χ4v) is 0.851. The van der Waals surface area contributed by atoms with Gasteiger partial charge in [0.05, 0.1) is 6.17 Å². The van der Waals surface area contributed by atoms with Gasteiger partial charge in [-0.05, 0) is 26.9 Å². The smallest absolute Gasteiger partial charge is 0.0722 e. The molecule has 0 aliphatic rings. The van der Waals surface area contributed by atoms with E-state index in [-0.39, 0.29) is 12.2 Å². The molecule has 0 aromatic carbocycles. The minimum absolute atomic E-state index is 0.163. The van der Waals surface area contributed by atoms with E-state index in [4.69, 9.17) is 5.73 Å². The summed E-state index contributed by atoms with van der Waals surface area (Å²) in [6.45, 7) is 5.15. The summed E-state index contributed by atoms with van der Waals surface area (Å²) >= 11 is 0. The van der Waals surface area contributed by atoms with E-state index in [0.29, 0.717) is 0 Å². The predicted octanol–water partition coefficient (Wildman–Crippen LogP) is -0.121. The first-order valence-corrected chi connectivity index (χ1v) is 3.88. The summed E-state index contributed by atoms with van der Waals surface area (Å²) in [7, 11) is 1.91. The topological polar surface area (TPSA) is 50.1 Å². The van der Waals surface area contributed by atoms with Crippen LogP contribution in [0.25, 0.3) is 0 Å². The van der Waals surface area contributed by atoms with Crippen molar-refractivity contribution in [2.75, 3.05) is 13.6 Å². The Morgan fingerprint density at radius 3 is 2.40 bits per heavy atom. The van der Waals surface area contributed by atoms with Crippen LogP contribution in [0, 0.1) is 0 Å². The fraction of sp³-hybridized carbons (Fsp3) is 1.00. The largest absolute Gasteiger partial charge is 0.325 e. The van der Waals surface area contributed by atoms with E-state index in [0.717, 1.165) is 13.0 Å². The van der Waals surface area contributed by atoms with Crippen molar-refractivity contribution < 1.29 is 0 Å². The van der Waals surface area contributed by atoms with Crippen LogP contribution in [0.3, 0.4) is 0 Å². The van der Waals surface area contributed by atoms with Gasteiger partial charge in [-0.2, -0.15) is 0 Å². The Morgan fingerprint density at radius 1 is 1.50 bits per heavy atom. The summed E-state index contributed by atoms with van der Waals surface area (Å²) < 4.78 is 0. The van der Waals surface area contributed by atoms with Crippen LogP contribution in [0.5, 0.6) is 0 Å². The number of hydrogen-bond donors (Lipinski definition) is 3. The highest BCUT2D eigenvalue weighted by Gasteiger charge is 2.07. The number of rotatable bonds is 5. The van der Waals surface area contributed by atoms with Gasteiger partial charge in [0, 0.05) is 6.04 Å². The predicted molar refractivity (Wildman–Crippen MR) is 44.8 cm³/mol. The van der Waals surface area contributed by atoms with Gasteiger partial charge in [-0.1, -0.05) is 6.92 Å². The molecule has 0 aromatic rings. The Morgan fingerprint density at radius 2 is 2.10 bits per heavy atom. The van der Waals surface area contributed by atoms with Crippen LogP contribution < -0.4 is 16.4 Å². The maximum atomic E-state index is 5.66. The van der Waals surface area contributed by atoms with Crippen molar-refractivity contribution in [2.24, 2.45) is 5.73 Å². The molecule has 0 amide bonds. The molecule has 0 aromatic heterocycles. The van der Waals surface area contributed by atoms with E-state index < -0.39 is 0 Å². The second-order valence-electron chi connectivity index (χ2n) is 2.58. The number of nitrogens with two attached hydrogens (primary N) is 1. The van der Waals surface area contributed by atoms with Crippen LogP contribution >= 0.6 is 0 Å². The van der Waals surface area contributed by atoms with E-state index in [2.05, 4.69) is 17.6 Å². The van der Waals surface area contributed by atoms with Crippen molar-refractivity contribution >= 4 is 0 Å². The standard InChI is InChI=1S/C7H19N3/c1-4-5-10-7(9-3)6(2)8/h6-7,9-10H,4-5,8H2,1-3H3. The van der Waals surface area contributed by atoms with Crippen LogP contribution in [-0.2, 0) is 0 Å². The molecule has 0 aliphatic heterocycles. The first-order valence-electron chi connectivity index (χ1n) is 3.88. The number of hydrogen-bond acceptors (Lipinski definition) is 3. The Hall–Kier alpha value is -0.120. The van der Waals surface area contributed by atoms with Gasteiger partial charge in [0.25, 0.3) is 0 Å². The summed E-state index contributed by atoms with van der Waals surface area (Å²) in [5.41, 5.74) is 5.66. The van der Waals surface area contributed by atoms with Crippen molar-refractivity contribution in [3.63, 3.8) is 0 Å². The highest BCUT2D eigenvalue weighted by Crippen LogP contribution is 1.83. The Kier molecular flexibility index (Phi) is 5.58. The summed E-state index contributed by atoms with van der Waals surface area (Å²) in [6, 6.07) is 0.163. The molecule has 0 saturated heterocycles. The normalized spacial score (nSPS) is 16.8. The van der Waals surface area contributed by atoms with Crippen molar-refractivity contribution in [3.05, 3.63) is 0 Å². The van der Waals surface area contributed by atoms with Gasteiger partial charge in [0.1, 0.15) is 0 Å². The maximum absolute atomic E-state index is 5.66. The Bertz CT molecular complexity index is 73.3. The van der Waals surface area contributed by atoms with E-state index in [1.807, 2.05) is 14.0 Å². The minimum Gasteiger partial charge on any atom is -0.325 e. The molecule has 0 radical (unpaired) electrons. The highest BCUT2D eigenvalue weighted by atomic mass is 15.1. The van der Waals surface area contributed by atoms with Gasteiger partial charge >= 0.3 is 0 Å². The van der Waals surface area contributed by atoms with Crippen molar-refractivity contribution in [1.82, 2.24) is 10.6 Å². The van der Waals surface area contributed by atoms with E-state index in [1.54, 1.807) is 0 Å². The molecule has 0 saturated carbocycles. The first kappa shape index (κ1) is 9.88. The van der Waals surface area contributed by atoms with Crippen molar-refractivity contribution in [2.45, 2.75) is 32.5 Å². The minimum atomic E-state index is 0.163. The molecule has 0 aliphatic carbocycles. The van der Waals surface area contributed by atoms with E-state index >= 15 is 0 Å². The molecule has 4 N–H and O–H groups in total. The van der Waals surface area contributed by atoms with Crippen LogP contribution in [0.15, 0.2) is 0 Å². The summed E-state index contributed by atoms with van der Waals surface area (Å²) in [4.78, 5) is 0. The summed E-state index contributed by atoms with van der Waals surface area (Å²) in [6.07, 6.45) is 1.39. The first-order chi connectivity index (χ1) is 4.72. The zero-order chi connectivity index (χ0) is 7.98. The molecule has 3 nitrogen and oxygen atoms in total. The monoisotopic (exact) mass is 145 g/mol. The SMILES string of the molecule is CCCNC(NC)C(C)N. The van der Waals surface area contributed by atoms with Gasteiger partial charge in [-0.25, -0.2) is 0 Å². The molecular formula is C7H19N3. The van der Waals surface area contributed by atoms with Crippen LogP contribution in [0.4, 0.5) is 0 Å². The second-order valence-corrected chi connectivity index (χ2v) is 2.58. The van der Waals surface area contributed by atoms with Gasteiger partial charge in [-0.3, -0.25) is 0 Å². The van der Waals surface area contributed by atoms with Gasteiger partial charge in [0.2, 0.25) is 0 Å². The lowest BCUT2D eigenvalue weighted by atomic mass is 10.2. The van der Waals surface area contributed by atoms with Gasteiger partial charge in [0.15, 0.2) is 0 Å². The quantitative estimate of drug-likeness (QED) is 0.473. The van der Waals surface area contributed by atoms with E-state index in [9.17, 15) is 0 Å². The highest BCUT2D eigenvalue weighted by molar-refractivity contribution is 4.70. The summed E-state index contributed by atoms with van der Waals surface area (Å²) in [5, 5.41) is 6.38. The Labute approximate surface area is 63.4 Å². The second kappa shape index (κ2) is 5.65. The third-order valence-electron chi connectivity index (χ3n) is 1.45. The zero-order valence-electron chi connectivity index (χ0n) is 7.15. The average Bonchev–Trinajstić information content (AvgIpc) is 1.89. The molecule has 0 bridgehead atoms. The van der Waals surface area contributed by atoms with Crippen molar-refractivity contribution in [3.8, 4) is 0 Å². The molecule has 0 fully saturated rings. The van der Waals surface area contributed by atoms with Crippen molar-refractivity contribution in [1.29, 1.82) is 0 Å². The summed E-state index contributed by atoms with van der Waals surface area (Å²) in [5.74, 6) is 0. The molecule has 10 heavy (non-hydrogen) atoms. The lowest BCUT2D eigenvalue weighted by Gasteiger charge is -2.20. The molecular weight excluding hydrogens is 126 g/mol. The third-order valence-corrected chi connectivity index (χ3v) is 1.45. The molecule has 0 rings (SSSR count). The number of nitrogens with one attached hydrogen (secondary N) is 2. The molecule has 62 valence electrons. The van der Waals surface area contributed by atoms with E-state index in [1.165, 1.54) is 0 Å². The number of likely N-dealkylation sites (N-methyl/N-ethyl adjacent to an activating group) is 1. The molecule has 2 unspecified atom stereocenters. The molecule has 2 atom stereocenters. The Balaban J connectivity index is 3.40. The lowest BCUT2D eigenvalue weighted by molar-refractivity contribution is 0.400. The lowest BCUT2D eigenvalue weighted by Crippen LogP contribution is -2.51. The van der Waals surface area contributed by atoms with Crippen LogP contribution in [0.2, 0.25) is 0 Å². The average molecular weight is 145 g/mol. The van der Waals surface area contributed by atoms with Crippen LogP contribution in [-0.4, -0.2) is 25.8 Å². The molecule has 3 heteroatoms. The van der Waals surface area contributed by atoms with Gasteiger partial charge in [-0.15, -0.1) is 0 Å². The van der Waals surface area contributed by atoms with Crippen LogP contribution in [0.1, 0.15) is 20.3 Å². The molecule has 0 spiro atoms. The molecule has 0 heterocycles. The fourth-order valence-electron chi connectivity index (χ4n) is 0.851. The maximum Gasteiger partial charge on any atom is 0.0722 e. The third kappa shape index (κ3) is 3.82. The van der Waals surface area contributed by atoms with Gasteiger partial charge < -0.3 is 16.4 Å². The zero-order valence-corrected chi connectivity index (χ0v) is 7.15.